The molecule has 3 saturated heterocycles. The molecule has 0 spiro atoms. The summed E-state index contributed by atoms with van der Waals surface area (Å²) < 4.78 is 11.5. The quantitative estimate of drug-likeness (QED) is 0.762. The number of likely N-dealkylation sites (tertiary alicyclic amines) is 1. The number of ether oxygens (including phenoxy) is 2. The molecule has 5 nitrogen and oxygen atoms in total. The largest absolute Gasteiger partial charge is 0.381 e. The van der Waals surface area contributed by atoms with Crippen molar-refractivity contribution >= 4 is 5.91 Å². The van der Waals surface area contributed by atoms with Gasteiger partial charge >= 0.3 is 0 Å². The number of carbonyl (C=O) groups is 1. The van der Waals surface area contributed by atoms with Gasteiger partial charge in [-0.2, -0.15) is 0 Å². The highest BCUT2D eigenvalue weighted by Crippen LogP contribution is 2.26. The number of rotatable bonds is 2. The van der Waals surface area contributed by atoms with Crippen LogP contribution in [0.1, 0.15) is 26.2 Å². The van der Waals surface area contributed by atoms with Crippen LogP contribution in [0.15, 0.2) is 0 Å². The molecule has 3 fully saturated rings. The first kappa shape index (κ1) is 15.3. The molecule has 0 radical (unpaired) electrons. The molecule has 3 aliphatic rings. The molecule has 0 saturated carbocycles. The molecule has 2 atom stereocenters. The van der Waals surface area contributed by atoms with Crippen LogP contribution < -0.4 is 0 Å². The van der Waals surface area contributed by atoms with Gasteiger partial charge in [0.15, 0.2) is 0 Å². The fourth-order valence-electron chi connectivity index (χ4n) is 3.86. The Morgan fingerprint density at radius 3 is 2.67 bits per heavy atom. The summed E-state index contributed by atoms with van der Waals surface area (Å²) in [5.41, 5.74) is 0. The van der Waals surface area contributed by atoms with E-state index in [4.69, 9.17) is 9.47 Å². The van der Waals surface area contributed by atoms with Crippen LogP contribution in [0, 0.1) is 11.8 Å². The number of amides is 1. The molecule has 3 rings (SSSR count). The summed E-state index contributed by atoms with van der Waals surface area (Å²) in [5, 5.41) is 0. The Morgan fingerprint density at radius 2 is 1.90 bits per heavy atom. The average molecular weight is 296 g/mol. The first-order chi connectivity index (χ1) is 10.2. The normalized spacial score (nSPS) is 32.5. The number of hydrogen-bond donors (Lipinski definition) is 0. The maximum atomic E-state index is 11.6. The zero-order chi connectivity index (χ0) is 14.7. The van der Waals surface area contributed by atoms with Gasteiger partial charge in [0.05, 0.1) is 12.7 Å². The Morgan fingerprint density at radius 1 is 1.10 bits per heavy atom. The van der Waals surface area contributed by atoms with Crippen LogP contribution in [0.4, 0.5) is 0 Å². The molecule has 0 aliphatic carbocycles. The highest BCUT2D eigenvalue weighted by Gasteiger charge is 2.34. The van der Waals surface area contributed by atoms with Crippen molar-refractivity contribution in [3.8, 4) is 0 Å². The first-order valence-corrected chi connectivity index (χ1v) is 8.39. The van der Waals surface area contributed by atoms with Gasteiger partial charge in [0.2, 0.25) is 5.91 Å². The molecule has 1 amide bonds. The summed E-state index contributed by atoms with van der Waals surface area (Å²) in [6.45, 7) is 9.21. The van der Waals surface area contributed by atoms with Crippen molar-refractivity contribution in [3.63, 3.8) is 0 Å². The van der Waals surface area contributed by atoms with Crippen LogP contribution in [-0.2, 0) is 14.3 Å². The van der Waals surface area contributed by atoms with Crippen molar-refractivity contribution in [2.24, 2.45) is 11.8 Å². The Bertz CT molecular complexity index is 357. The third-order valence-corrected chi connectivity index (χ3v) is 5.23. The lowest BCUT2D eigenvalue weighted by molar-refractivity contribution is -0.129. The van der Waals surface area contributed by atoms with E-state index in [1.165, 1.54) is 19.4 Å². The maximum absolute atomic E-state index is 11.6. The van der Waals surface area contributed by atoms with Crippen LogP contribution in [0.3, 0.4) is 0 Å². The van der Waals surface area contributed by atoms with Crippen LogP contribution in [0.2, 0.25) is 0 Å². The van der Waals surface area contributed by atoms with Crippen LogP contribution in [0.25, 0.3) is 0 Å². The lowest BCUT2D eigenvalue weighted by Crippen LogP contribution is -2.48. The third kappa shape index (κ3) is 3.96. The number of carbonyl (C=O) groups excluding carboxylic acids is 1. The zero-order valence-electron chi connectivity index (χ0n) is 13.1. The van der Waals surface area contributed by atoms with Gasteiger partial charge < -0.3 is 19.3 Å². The second-order valence-corrected chi connectivity index (χ2v) is 6.74. The summed E-state index contributed by atoms with van der Waals surface area (Å²) >= 11 is 0. The van der Waals surface area contributed by atoms with E-state index in [1.54, 1.807) is 6.92 Å². The van der Waals surface area contributed by atoms with E-state index in [-0.39, 0.29) is 5.91 Å². The van der Waals surface area contributed by atoms with Gasteiger partial charge in [-0.3, -0.25) is 4.79 Å². The minimum atomic E-state index is 0.184. The van der Waals surface area contributed by atoms with Crippen molar-refractivity contribution in [2.45, 2.75) is 32.3 Å². The van der Waals surface area contributed by atoms with Gasteiger partial charge in [-0.25, -0.2) is 0 Å². The number of hydrogen-bond acceptors (Lipinski definition) is 4. The fourth-order valence-corrected chi connectivity index (χ4v) is 3.86. The van der Waals surface area contributed by atoms with Gasteiger partial charge in [0.25, 0.3) is 0 Å². The molecule has 3 aliphatic heterocycles. The second kappa shape index (κ2) is 7.07. The van der Waals surface area contributed by atoms with Crippen LogP contribution >= 0.6 is 0 Å². The Balaban J connectivity index is 1.52. The highest BCUT2D eigenvalue weighted by molar-refractivity contribution is 5.73. The molecule has 0 bridgehead atoms. The zero-order valence-corrected chi connectivity index (χ0v) is 13.1. The van der Waals surface area contributed by atoms with Gasteiger partial charge in [0, 0.05) is 52.2 Å². The summed E-state index contributed by atoms with van der Waals surface area (Å²) in [7, 11) is 0. The standard InChI is InChI=1S/C16H28N2O3/c1-13(19)18-6-9-21-16-12-17(5-2-15(16)11-18)10-14-3-7-20-8-4-14/h14-16H,2-12H2,1H3/t15-,16-/m1/s1. The molecular formula is C16H28N2O3. The minimum absolute atomic E-state index is 0.184. The molecule has 0 unspecified atom stereocenters. The van der Waals surface area contributed by atoms with Crippen LogP contribution in [0.5, 0.6) is 0 Å². The highest BCUT2D eigenvalue weighted by atomic mass is 16.5. The molecule has 0 aromatic carbocycles. The molecular weight excluding hydrogens is 268 g/mol. The monoisotopic (exact) mass is 296 g/mol. The predicted molar refractivity (Wildman–Crippen MR) is 80.1 cm³/mol. The van der Waals surface area contributed by atoms with E-state index >= 15 is 0 Å². The van der Waals surface area contributed by atoms with Gasteiger partial charge in [-0.15, -0.1) is 0 Å². The molecule has 0 aromatic rings. The third-order valence-electron chi connectivity index (χ3n) is 5.23. The van der Waals surface area contributed by atoms with Crippen molar-refractivity contribution in [2.75, 3.05) is 52.5 Å². The average Bonchev–Trinajstić information content (AvgIpc) is 2.70. The molecule has 5 heteroatoms. The maximum Gasteiger partial charge on any atom is 0.219 e. The van der Waals surface area contributed by atoms with Crippen molar-refractivity contribution < 1.29 is 14.3 Å². The Kier molecular flexibility index (Phi) is 5.14. The SMILES string of the molecule is CC(=O)N1CCO[C@@H]2CN(CC3CCOCC3)CC[C@@H]2C1. The van der Waals surface area contributed by atoms with Gasteiger partial charge in [-0.1, -0.05) is 0 Å². The summed E-state index contributed by atoms with van der Waals surface area (Å²) in [5.74, 6) is 1.49. The lowest BCUT2D eigenvalue weighted by Gasteiger charge is -2.39. The number of piperidine rings is 1. The van der Waals surface area contributed by atoms with E-state index < -0.39 is 0 Å². The summed E-state index contributed by atoms with van der Waals surface area (Å²) in [6.07, 6.45) is 3.85. The molecule has 120 valence electrons. The molecule has 0 N–H and O–H groups in total. The topological polar surface area (TPSA) is 42.0 Å². The van der Waals surface area contributed by atoms with Crippen LogP contribution in [-0.4, -0.2) is 74.4 Å². The van der Waals surface area contributed by atoms with Crippen molar-refractivity contribution in [1.82, 2.24) is 9.80 Å². The van der Waals surface area contributed by atoms with Gasteiger partial charge in [-0.05, 0) is 31.7 Å². The Labute approximate surface area is 127 Å². The summed E-state index contributed by atoms with van der Waals surface area (Å²) in [4.78, 5) is 16.1. The van der Waals surface area contributed by atoms with E-state index in [0.717, 1.165) is 51.7 Å². The van der Waals surface area contributed by atoms with E-state index in [9.17, 15) is 4.79 Å². The molecule has 0 aromatic heterocycles. The molecule has 21 heavy (non-hydrogen) atoms. The van der Waals surface area contributed by atoms with Crippen molar-refractivity contribution in [1.29, 1.82) is 0 Å². The smallest absolute Gasteiger partial charge is 0.219 e. The van der Waals surface area contributed by atoms with E-state index in [1.807, 2.05) is 4.90 Å². The molecule has 3 heterocycles. The van der Waals surface area contributed by atoms with Gasteiger partial charge in [0.1, 0.15) is 0 Å². The van der Waals surface area contributed by atoms with E-state index in [0.29, 0.717) is 18.6 Å². The Hall–Kier alpha value is -0.650. The fraction of sp³-hybridized carbons (Fsp3) is 0.938. The lowest BCUT2D eigenvalue weighted by atomic mass is 9.91. The predicted octanol–water partition coefficient (Wildman–Crippen LogP) is 0.982. The first-order valence-electron chi connectivity index (χ1n) is 8.39. The number of fused-ring (bicyclic) bond motifs is 1. The second-order valence-electron chi connectivity index (χ2n) is 6.74. The van der Waals surface area contributed by atoms with E-state index in [2.05, 4.69) is 4.90 Å². The summed E-state index contributed by atoms with van der Waals surface area (Å²) in [6, 6.07) is 0. The van der Waals surface area contributed by atoms with Crippen molar-refractivity contribution in [3.05, 3.63) is 0 Å². The number of nitrogens with zero attached hydrogens (tertiary/aromatic N) is 2. The minimum Gasteiger partial charge on any atom is -0.381 e.